The normalized spacial score (nSPS) is 11.8. The molecule has 0 N–H and O–H groups in total. The lowest BCUT2D eigenvalue weighted by Gasteiger charge is -2.11. The van der Waals surface area contributed by atoms with E-state index in [1.807, 2.05) is 48.5 Å². The number of furan rings is 1. The molecule has 0 saturated heterocycles. The largest absolute Gasteiger partial charge is 0.456 e. The van der Waals surface area contributed by atoms with E-state index < -0.39 is 0 Å². The number of rotatable bonds is 5. The van der Waals surface area contributed by atoms with Gasteiger partial charge in [-0.1, -0.05) is 152 Å². The zero-order valence-corrected chi connectivity index (χ0v) is 31.2. The Morgan fingerprint density at radius 2 is 1.00 bits per heavy atom. The van der Waals surface area contributed by atoms with Crippen LogP contribution >= 0.6 is 0 Å². The van der Waals surface area contributed by atoms with E-state index in [2.05, 4.69) is 150 Å². The number of hydrogen-bond acceptors (Lipinski definition) is 4. The molecule has 12 aromatic rings. The highest BCUT2D eigenvalue weighted by Crippen LogP contribution is 2.41. The van der Waals surface area contributed by atoms with E-state index in [1.165, 1.54) is 37.8 Å². The average Bonchev–Trinajstić information content (AvgIpc) is 3.84. The molecule has 0 atom stereocenters. The van der Waals surface area contributed by atoms with Crippen LogP contribution in [0.3, 0.4) is 0 Å². The van der Waals surface area contributed by atoms with Gasteiger partial charge in [-0.25, -0.2) is 15.0 Å². The maximum Gasteiger partial charge on any atom is 0.164 e. The van der Waals surface area contributed by atoms with Crippen LogP contribution in [0.1, 0.15) is 0 Å². The SMILES string of the molecule is c1ccc(-c2cccc(-c3nc(-c4ccccc4)nc(-c4cccc5oc6cc(-n7c8cc9ccccc9cc8c8ccc9ccccc9c87)ccc6c45)n3)c2)cc1. The van der Waals surface area contributed by atoms with E-state index in [1.54, 1.807) is 0 Å². The van der Waals surface area contributed by atoms with Gasteiger partial charge in [0.1, 0.15) is 11.2 Å². The Kier molecular flexibility index (Phi) is 7.16. The van der Waals surface area contributed by atoms with E-state index >= 15 is 0 Å². The molecule has 0 aliphatic heterocycles. The van der Waals surface area contributed by atoms with Crippen LogP contribution in [0.2, 0.25) is 0 Å². The van der Waals surface area contributed by atoms with E-state index in [4.69, 9.17) is 19.4 Å². The summed E-state index contributed by atoms with van der Waals surface area (Å²) in [4.78, 5) is 15.4. The van der Waals surface area contributed by atoms with Gasteiger partial charge in [-0.2, -0.15) is 0 Å². The molecule has 0 saturated carbocycles. The van der Waals surface area contributed by atoms with Gasteiger partial charge in [0.2, 0.25) is 0 Å². The molecule has 58 heavy (non-hydrogen) atoms. The molecule has 5 heteroatoms. The lowest BCUT2D eigenvalue weighted by Crippen LogP contribution is -2.00. The van der Waals surface area contributed by atoms with Gasteiger partial charge in [-0.15, -0.1) is 0 Å². The molecular formula is C53H32N4O. The number of fused-ring (bicyclic) bond motifs is 9. The Bertz CT molecular complexity index is 3570. The molecular weight excluding hydrogens is 709 g/mol. The van der Waals surface area contributed by atoms with Crippen molar-refractivity contribution < 1.29 is 4.42 Å². The molecule has 12 rings (SSSR count). The number of aromatic nitrogens is 4. The summed E-state index contributed by atoms with van der Waals surface area (Å²) in [5.74, 6) is 1.82. The Morgan fingerprint density at radius 1 is 0.362 bits per heavy atom. The Labute approximate surface area is 333 Å². The van der Waals surface area contributed by atoms with Crippen molar-refractivity contribution in [1.29, 1.82) is 0 Å². The molecule has 0 amide bonds. The van der Waals surface area contributed by atoms with Crippen molar-refractivity contribution in [2.24, 2.45) is 0 Å². The van der Waals surface area contributed by atoms with Gasteiger partial charge in [-0.05, 0) is 63.7 Å². The van der Waals surface area contributed by atoms with Crippen molar-refractivity contribution in [2.45, 2.75) is 0 Å². The fourth-order valence-electron chi connectivity index (χ4n) is 8.68. The monoisotopic (exact) mass is 740 g/mol. The summed E-state index contributed by atoms with van der Waals surface area (Å²) in [5, 5.41) is 9.26. The zero-order chi connectivity index (χ0) is 38.2. The molecule has 3 aromatic heterocycles. The molecule has 0 radical (unpaired) electrons. The van der Waals surface area contributed by atoms with Gasteiger partial charge in [-0.3, -0.25) is 0 Å². The Balaban J connectivity index is 1.07. The van der Waals surface area contributed by atoms with Crippen LogP contribution in [0.4, 0.5) is 0 Å². The van der Waals surface area contributed by atoms with Crippen LogP contribution in [0, 0.1) is 0 Å². The van der Waals surface area contributed by atoms with Crippen molar-refractivity contribution >= 4 is 65.3 Å². The van der Waals surface area contributed by atoms with Gasteiger partial charge in [0.05, 0.1) is 11.0 Å². The summed E-state index contributed by atoms with van der Waals surface area (Å²) >= 11 is 0. The van der Waals surface area contributed by atoms with Gasteiger partial charge in [0.25, 0.3) is 0 Å². The zero-order valence-electron chi connectivity index (χ0n) is 31.2. The third kappa shape index (κ3) is 5.14. The predicted molar refractivity (Wildman–Crippen MR) is 238 cm³/mol. The Morgan fingerprint density at radius 3 is 1.83 bits per heavy atom. The second-order valence-electron chi connectivity index (χ2n) is 14.8. The maximum atomic E-state index is 6.75. The topological polar surface area (TPSA) is 56.7 Å². The quantitative estimate of drug-likeness (QED) is 0.176. The standard InChI is InChI=1S/C53H32N4O/c1-3-13-33(14-4-1)36-20-11-21-39(29-36)52-54-51(35-16-5-2-6-17-35)55-53(56-52)44-23-12-24-47-49(44)43-28-26-40(32-48(43)58-47)57-46-31-38-19-8-7-18-37(38)30-45(46)42-27-25-34-15-9-10-22-41(34)50(42)57/h1-32H. The average molecular weight is 741 g/mol. The molecule has 0 unspecified atom stereocenters. The lowest BCUT2D eigenvalue weighted by atomic mass is 10.0. The number of nitrogens with zero attached hydrogens (tertiary/aromatic N) is 4. The first kappa shape index (κ1) is 32.4. The second kappa shape index (κ2) is 12.8. The van der Waals surface area contributed by atoms with Crippen LogP contribution < -0.4 is 0 Å². The molecule has 0 bridgehead atoms. The highest BCUT2D eigenvalue weighted by Gasteiger charge is 2.21. The molecule has 0 aliphatic carbocycles. The van der Waals surface area contributed by atoms with E-state index in [0.717, 1.165) is 61.0 Å². The molecule has 0 spiro atoms. The molecule has 0 aliphatic rings. The third-order valence-electron chi connectivity index (χ3n) is 11.4. The third-order valence-corrected chi connectivity index (χ3v) is 11.4. The van der Waals surface area contributed by atoms with Crippen LogP contribution in [-0.2, 0) is 0 Å². The fourth-order valence-corrected chi connectivity index (χ4v) is 8.68. The van der Waals surface area contributed by atoms with Gasteiger partial charge < -0.3 is 8.98 Å². The van der Waals surface area contributed by atoms with Crippen molar-refractivity contribution in [3.63, 3.8) is 0 Å². The van der Waals surface area contributed by atoms with Crippen LogP contribution in [0.15, 0.2) is 199 Å². The maximum absolute atomic E-state index is 6.75. The molecule has 5 nitrogen and oxygen atoms in total. The van der Waals surface area contributed by atoms with Crippen molar-refractivity contribution in [3.8, 4) is 51.0 Å². The van der Waals surface area contributed by atoms with E-state index in [9.17, 15) is 0 Å². The molecule has 3 heterocycles. The first-order valence-electron chi connectivity index (χ1n) is 19.5. The minimum atomic E-state index is 0.590. The van der Waals surface area contributed by atoms with Gasteiger partial charge in [0, 0.05) is 55.4 Å². The van der Waals surface area contributed by atoms with Crippen molar-refractivity contribution in [3.05, 3.63) is 194 Å². The highest BCUT2D eigenvalue weighted by atomic mass is 16.3. The molecule has 270 valence electrons. The summed E-state index contributed by atoms with van der Waals surface area (Å²) in [6, 6.07) is 68.0. The summed E-state index contributed by atoms with van der Waals surface area (Å²) in [6.45, 7) is 0. The minimum absolute atomic E-state index is 0.590. The first-order valence-corrected chi connectivity index (χ1v) is 19.5. The lowest BCUT2D eigenvalue weighted by molar-refractivity contribution is 0.668. The van der Waals surface area contributed by atoms with Crippen molar-refractivity contribution in [2.75, 3.05) is 0 Å². The van der Waals surface area contributed by atoms with E-state index in [0.29, 0.717) is 17.5 Å². The fraction of sp³-hybridized carbons (Fsp3) is 0. The smallest absolute Gasteiger partial charge is 0.164 e. The van der Waals surface area contributed by atoms with Crippen LogP contribution in [-0.4, -0.2) is 19.5 Å². The summed E-state index contributed by atoms with van der Waals surface area (Å²) in [5.41, 5.74) is 9.91. The first-order chi connectivity index (χ1) is 28.7. The summed E-state index contributed by atoms with van der Waals surface area (Å²) in [7, 11) is 0. The van der Waals surface area contributed by atoms with Gasteiger partial charge >= 0.3 is 0 Å². The summed E-state index contributed by atoms with van der Waals surface area (Å²) in [6.07, 6.45) is 0. The van der Waals surface area contributed by atoms with Crippen LogP contribution in [0.5, 0.6) is 0 Å². The number of benzene rings is 9. The summed E-state index contributed by atoms with van der Waals surface area (Å²) < 4.78 is 9.15. The predicted octanol–water partition coefficient (Wildman–Crippen LogP) is 13.8. The molecule has 9 aromatic carbocycles. The second-order valence-corrected chi connectivity index (χ2v) is 14.8. The van der Waals surface area contributed by atoms with Gasteiger partial charge in [0.15, 0.2) is 17.5 Å². The molecule has 0 fully saturated rings. The minimum Gasteiger partial charge on any atom is -0.456 e. The highest BCUT2D eigenvalue weighted by molar-refractivity contribution is 6.21. The number of hydrogen-bond donors (Lipinski definition) is 0. The van der Waals surface area contributed by atoms with Crippen LogP contribution in [0.25, 0.3) is 116 Å². The Hall–Kier alpha value is -7.89. The van der Waals surface area contributed by atoms with Crippen molar-refractivity contribution in [1.82, 2.24) is 19.5 Å². The van der Waals surface area contributed by atoms with E-state index in [-0.39, 0.29) is 0 Å².